The fourth-order valence-electron chi connectivity index (χ4n) is 5.60. The van der Waals surface area contributed by atoms with Gasteiger partial charge in [0.2, 0.25) is 0 Å². The quantitative estimate of drug-likeness (QED) is 0.171. The zero-order valence-corrected chi connectivity index (χ0v) is 25.2. The van der Waals surface area contributed by atoms with E-state index in [-0.39, 0.29) is 30.8 Å². The predicted molar refractivity (Wildman–Crippen MR) is 161 cm³/mol. The largest absolute Gasteiger partial charge is 0.416 e. The minimum absolute atomic E-state index is 0. The topological polar surface area (TPSA) is 68.4 Å². The van der Waals surface area contributed by atoms with Crippen LogP contribution >= 0.6 is 12.4 Å². The number of nitrogens with one attached hydrogen (secondary N) is 2. The van der Waals surface area contributed by atoms with Crippen LogP contribution in [-0.4, -0.2) is 66.7 Å². The van der Waals surface area contributed by atoms with Crippen molar-refractivity contribution in [3.8, 4) is 0 Å². The highest BCUT2D eigenvalue weighted by molar-refractivity contribution is 6.02. The third-order valence-corrected chi connectivity index (χ3v) is 7.78. The van der Waals surface area contributed by atoms with Crippen LogP contribution in [0, 0.1) is 0 Å². The van der Waals surface area contributed by atoms with Crippen LogP contribution in [-0.2, 0) is 18.8 Å². The maximum atomic E-state index is 14.2. The van der Waals surface area contributed by atoms with E-state index >= 15 is 0 Å². The molecule has 45 heavy (non-hydrogen) atoms. The van der Waals surface area contributed by atoms with Gasteiger partial charge >= 0.3 is 12.4 Å². The molecule has 2 heterocycles. The van der Waals surface area contributed by atoms with Gasteiger partial charge in [-0.1, -0.05) is 24.3 Å². The van der Waals surface area contributed by atoms with E-state index in [4.69, 9.17) is 0 Å². The average Bonchev–Trinajstić information content (AvgIpc) is 3.39. The number of para-hydroxylation sites is 1. The summed E-state index contributed by atoms with van der Waals surface area (Å²) in [7, 11) is 3.18. The van der Waals surface area contributed by atoms with E-state index in [0.717, 1.165) is 16.5 Å². The molecule has 1 fully saturated rings. The summed E-state index contributed by atoms with van der Waals surface area (Å²) in [4.78, 5) is 33.5. The molecule has 2 N–H and O–H groups in total. The molecule has 13 heteroatoms. The molecule has 3 aromatic carbocycles. The van der Waals surface area contributed by atoms with Crippen molar-refractivity contribution in [3.05, 3.63) is 106 Å². The molecule has 240 valence electrons. The lowest BCUT2D eigenvalue weighted by Crippen LogP contribution is -2.47. The van der Waals surface area contributed by atoms with Crippen molar-refractivity contribution in [3.63, 3.8) is 0 Å². The number of halogens is 7. The zero-order chi connectivity index (χ0) is 31.8. The Kier molecular flexibility index (Phi) is 10.0. The van der Waals surface area contributed by atoms with Gasteiger partial charge in [-0.2, -0.15) is 26.3 Å². The van der Waals surface area contributed by atoms with Crippen LogP contribution in [0.1, 0.15) is 54.6 Å². The van der Waals surface area contributed by atoms with E-state index in [0.29, 0.717) is 55.0 Å². The summed E-state index contributed by atoms with van der Waals surface area (Å²) in [6.45, 7) is 1.59. The van der Waals surface area contributed by atoms with Gasteiger partial charge in [0, 0.05) is 68.5 Å². The number of amides is 1. The molecule has 0 saturated carbocycles. The zero-order valence-electron chi connectivity index (χ0n) is 24.4. The Bertz CT molecular complexity index is 1660. The number of piperazine rings is 1. The molecule has 4 aromatic rings. The first-order valence-corrected chi connectivity index (χ1v) is 13.9. The number of rotatable bonds is 7. The highest BCUT2D eigenvalue weighted by Crippen LogP contribution is 2.39. The van der Waals surface area contributed by atoms with Gasteiger partial charge in [0.1, 0.15) is 0 Å². The Balaban J connectivity index is 0.00000461. The van der Waals surface area contributed by atoms with Crippen LogP contribution in [0.15, 0.2) is 66.9 Å². The molecule has 0 bridgehead atoms. The molecule has 0 radical (unpaired) electrons. The standard InChI is InChI=1S/C32H30F6N4O2.ClH/c1-41(2)30(44)19-7-8-26(20(13-19)14-22-18-40-27-6-4-3-5-25(22)27)28(42-11-9-39-10-12-42)29(43)21-15-23(31(33,34)35)17-24(16-21)32(36,37)38;/h3-8,13,15-18,28,39-40H,9-12,14H2,1-2H3;1H. The molecule has 1 atom stereocenters. The number of fused-ring (bicyclic) bond motifs is 1. The van der Waals surface area contributed by atoms with Gasteiger partial charge in [-0.05, 0) is 59.5 Å². The number of alkyl halides is 6. The molecule has 1 saturated heterocycles. The van der Waals surface area contributed by atoms with Gasteiger partial charge in [0.25, 0.3) is 5.91 Å². The highest BCUT2D eigenvalue weighted by atomic mass is 35.5. The fourth-order valence-corrected chi connectivity index (χ4v) is 5.60. The van der Waals surface area contributed by atoms with Gasteiger partial charge in [-0.25, -0.2) is 0 Å². The van der Waals surface area contributed by atoms with Crippen LogP contribution in [0.4, 0.5) is 26.3 Å². The summed E-state index contributed by atoms with van der Waals surface area (Å²) in [6.07, 6.45) is -8.15. The van der Waals surface area contributed by atoms with Gasteiger partial charge in [-0.3, -0.25) is 14.5 Å². The van der Waals surface area contributed by atoms with Crippen LogP contribution in [0.5, 0.6) is 0 Å². The van der Waals surface area contributed by atoms with E-state index in [9.17, 15) is 35.9 Å². The lowest BCUT2D eigenvalue weighted by Gasteiger charge is -2.35. The number of benzene rings is 3. The third-order valence-electron chi connectivity index (χ3n) is 7.78. The molecule has 0 spiro atoms. The number of nitrogens with zero attached hydrogens (tertiary/aromatic N) is 2. The number of aromatic amines is 1. The lowest BCUT2D eigenvalue weighted by molar-refractivity contribution is -0.143. The minimum Gasteiger partial charge on any atom is -0.361 e. The molecule has 1 aliphatic heterocycles. The van der Waals surface area contributed by atoms with E-state index < -0.39 is 40.9 Å². The van der Waals surface area contributed by atoms with Crippen molar-refractivity contribution in [2.75, 3.05) is 40.3 Å². The number of H-pyrrole nitrogens is 1. The molecule has 1 aliphatic rings. The molecule has 5 rings (SSSR count). The van der Waals surface area contributed by atoms with E-state index in [1.165, 1.54) is 11.0 Å². The minimum atomic E-state index is -5.10. The normalized spacial score (nSPS) is 15.0. The molecule has 1 unspecified atom stereocenters. The van der Waals surface area contributed by atoms with Crippen molar-refractivity contribution >= 4 is 35.0 Å². The number of ketones is 1. The van der Waals surface area contributed by atoms with Crippen molar-refractivity contribution < 1.29 is 35.9 Å². The molecular formula is C32H31ClF6N4O2. The average molecular weight is 653 g/mol. The summed E-state index contributed by atoms with van der Waals surface area (Å²) in [5.74, 6) is -1.19. The number of Topliss-reactive ketones (excluding diaryl/α,β-unsaturated/α-hetero) is 1. The third kappa shape index (κ3) is 7.34. The second kappa shape index (κ2) is 13.2. The summed E-state index contributed by atoms with van der Waals surface area (Å²) in [5.41, 5.74) is -0.794. The maximum absolute atomic E-state index is 14.2. The number of carbonyl (C=O) groups excluding carboxylic acids is 2. The van der Waals surface area contributed by atoms with Crippen molar-refractivity contribution in [2.24, 2.45) is 0 Å². The predicted octanol–water partition coefficient (Wildman–Crippen LogP) is 6.75. The summed E-state index contributed by atoms with van der Waals surface area (Å²) >= 11 is 0. The number of aromatic nitrogens is 1. The Morgan fingerprint density at radius 1 is 0.844 bits per heavy atom. The Morgan fingerprint density at radius 2 is 1.47 bits per heavy atom. The molecule has 1 amide bonds. The monoisotopic (exact) mass is 652 g/mol. The SMILES string of the molecule is CN(C)C(=O)c1ccc(C(C(=O)c2cc(C(F)(F)F)cc(C(F)(F)F)c2)N2CCNCC2)c(Cc2c[nH]c3ccccc23)c1.Cl. The highest BCUT2D eigenvalue weighted by Gasteiger charge is 2.39. The number of hydrogen-bond donors (Lipinski definition) is 2. The lowest BCUT2D eigenvalue weighted by atomic mass is 9.87. The van der Waals surface area contributed by atoms with Crippen LogP contribution < -0.4 is 5.32 Å². The number of hydrogen-bond acceptors (Lipinski definition) is 4. The Hall–Kier alpha value is -3.87. The second-order valence-electron chi connectivity index (χ2n) is 11.0. The van der Waals surface area contributed by atoms with Crippen LogP contribution in [0.3, 0.4) is 0 Å². The molecular weight excluding hydrogens is 622 g/mol. The summed E-state index contributed by atoms with van der Waals surface area (Å²) in [6, 6.07) is 12.1. The van der Waals surface area contributed by atoms with Crippen LogP contribution in [0.2, 0.25) is 0 Å². The first-order valence-electron chi connectivity index (χ1n) is 13.9. The number of carbonyl (C=O) groups is 2. The van der Waals surface area contributed by atoms with Crippen LogP contribution in [0.25, 0.3) is 10.9 Å². The Morgan fingerprint density at radius 3 is 2.07 bits per heavy atom. The molecule has 1 aromatic heterocycles. The van der Waals surface area contributed by atoms with E-state index in [2.05, 4.69) is 10.3 Å². The summed E-state index contributed by atoms with van der Waals surface area (Å²) < 4.78 is 82.4. The summed E-state index contributed by atoms with van der Waals surface area (Å²) in [5, 5.41) is 4.06. The van der Waals surface area contributed by atoms with E-state index in [1.807, 2.05) is 24.3 Å². The van der Waals surface area contributed by atoms with Gasteiger partial charge in [0.05, 0.1) is 17.2 Å². The van der Waals surface area contributed by atoms with Gasteiger partial charge < -0.3 is 15.2 Å². The van der Waals surface area contributed by atoms with Gasteiger partial charge in [-0.15, -0.1) is 12.4 Å². The van der Waals surface area contributed by atoms with Crippen molar-refractivity contribution in [1.82, 2.24) is 20.1 Å². The van der Waals surface area contributed by atoms with Gasteiger partial charge in [0.15, 0.2) is 5.78 Å². The maximum Gasteiger partial charge on any atom is 0.416 e. The van der Waals surface area contributed by atoms with E-state index in [1.54, 1.807) is 37.3 Å². The van der Waals surface area contributed by atoms with Crippen molar-refractivity contribution in [1.29, 1.82) is 0 Å². The fraction of sp³-hybridized carbons (Fsp3) is 0.312. The first-order chi connectivity index (χ1) is 20.7. The van der Waals surface area contributed by atoms with Crippen molar-refractivity contribution in [2.45, 2.75) is 24.8 Å². The smallest absolute Gasteiger partial charge is 0.361 e. The first kappa shape index (κ1) is 34.0. The molecule has 0 aliphatic carbocycles. The molecule has 6 nitrogen and oxygen atoms in total. The Labute approximate surface area is 261 Å². The second-order valence-corrected chi connectivity index (χ2v) is 11.0.